The van der Waals surface area contributed by atoms with E-state index in [1.807, 2.05) is 170 Å². The highest BCUT2D eigenvalue weighted by Crippen LogP contribution is 2.45. The fraction of sp³-hybridized carbons (Fsp3) is 0. The number of rotatable bonds is 11. The number of halogens is 2. The molecule has 0 amide bonds. The summed E-state index contributed by atoms with van der Waals surface area (Å²) in [6, 6.07) is 91.9. The summed E-state index contributed by atoms with van der Waals surface area (Å²) in [4.78, 5) is 19.6. The second-order valence-corrected chi connectivity index (χ2v) is 22.4. The zero-order chi connectivity index (χ0) is 60.2. The fourth-order valence-electron chi connectivity index (χ4n) is 12.6. The van der Waals surface area contributed by atoms with Crippen LogP contribution in [-0.2, 0) is 0 Å². The fourth-order valence-corrected chi connectivity index (χ4v) is 12.6. The van der Waals surface area contributed by atoms with Gasteiger partial charge < -0.3 is 9.13 Å². The van der Waals surface area contributed by atoms with Gasteiger partial charge in [-0.25, -0.2) is 8.78 Å². The molecule has 16 rings (SSSR count). The Balaban J connectivity index is 0.943. The third-order valence-corrected chi connectivity index (χ3v) is 17.1. The van der Waals surface area contributed by atoms with Crippen molar-refractivity contribution >= 4 is 43.6 Å². The highest BCUT2D eigenvalue weighted by molar-refractivity contribution is 6.13. The highest BCUT2D eigenvalue weighted by atomic mass is 19.1. The van der Waals surface area contributed by atoms with Gasteiger partial charge in [0.15, 0.2) is 0 Å². The summed E-state index contributed by atoms with van der Waals surface area (Å²) < 4.78 is 38.6. The maximum atomic E-state index is 17.2. The van der Waals surface area contributed by atoms with E-state index >= 15 is 8.78 Å². The van der Waals surface area contributed by atoms with E-state index in [2.05, 4.69) is 112 Å². The standard InChI is InChI=1S/C81H49F2N7/c82-69-22-13-23-70(83)81(69)68-45-75(89-76-40-55(59-28-36-71(85-47-59)51-14-5-1-6-15-51)24-32-64(76)65-33-25-56(41-77(65)89)60-29-37-72(86-48-60)52-16-7-2-8-17-52)63(46-84)44-80(68)90-78-42-57(61-30-38-73(87-49-61)53-18-9-3-10-19-53)26-34-66(78)67-35-27-58(43-79(67)90)62-31-39-74(88-50-62)54-20-11-4-12-21-54/h1-45,47-50H. The maximum absolute atomic E-state index is 17.2. The molecule has 0 radical (unpaired) electrons. The van der Waals surface area contributed by atoms with Crippen molar-refractivity contribution in [3.63, 3.8) is 0 Å². The molecule has 0 spiro atoms. The van der Waals surface area contributed by atoms with Gasteiger partial charge in [0.25, 0.3) is 0 Å². The lowest BCUT2D eigenvalue weighted by atomic mass is 9.98. The monoisotopic (exact) mass is 1160 g/mol. The molecule has 16 aromatic rings. The molecule has 0 saturated heterocycles. The minimum absolute atomic E-state index is 0.237. The molecular formula is C81H49F2N7. The molecule has 0 atom stereocenters. The molecule has 9 heteroatoms. The zero-order valence-corrected chi connectivity index (χ0v) is 48.2. The molecule has 7 nitrogen and oxygen atoms in total. The van der Waals surface area contributed by atoms with Crippen molar-refractivity contribution in [2.75, 3.05) is 0 Å². The lowest BCUT2D eigenvalue weighted by Crippen LogP contribution is -2.05. The van der Waals surface area contributed by atoms with Crippen LogP contribution in [0, 0.1) is 23.0 Å². The minimum Gasteiger partial charge on any atom is -0.309 e. The summed E-state index contributed by atoms with van der Waals surface area (Å²) in [6.45, 7) is 0. The summed E-state index contributed by atoms with van der Waals surface area (Å²) in [5.41, 5.74) is 18.6. The van der Waals surface area contributed by atoms with Gasteiger partial charge in [-0.05, 0) is 95.1 Å². The van der Waals surface area contributed by atoms with E-state index in [-0.39, 0.29) is 16.7 Å². The first-order valence-corrected chi connectivity index (χ1v) is 29.7. The van der Waals surface area contributed by atoms with Crippen LogP contribution in [0.25, 0.3) is 156 Å². The van der Waals surface area contributed by atoms with E-state index in [4.69, 9.17) is 19.9 Å². The zero-order valence-electron chi connectivity index (χ0n) is 48.2. The minimum atomic E-state index is -0.757. The van der Waals surface area contributed by atoms with E-state index < -0.39 is 11.6 Å². The molecule has 0 aliphatic rings. The van der Waals surface area contributed by atoms with Crippen LogP contribution in [0.4, 0.5) is 8.78 Å². The molecule has 0 unspecified atom stereocenters. The van der Waals surface area contributed by atoms with Crippen molar-refractivity contribution in [3.05, 3.63) is 315 Å². The van der Waals surface area contributed by atoms with Crippen LogP contribution < -0.4 is 0 Å². The van der Waals surface area contributed by atoms with Gasteiger partial charge in [-0.15, -0.1) is 0 Å². The Hall–Kier alpha value is -12.3. The molecule has 6 heterocycles. The Morgan fingerprint density at radius 1 is 0.278 bits per heavy atom. The SMILES string of the molecule is N#Cc1cc(-n2c3cc(-c4ccc(-c5ccccc5)nc4)ccc3c3ccc(-c4ccc(-c5ccccc5)nc4)cc32)c(-c2c(F)cccc2F)cc1-n1c2cc(-c3ccc(-c4ccccc4)nc3)ccc2c2ccc(-c3ccc(-c4ccccc4)nc3)cc21. The molecule has 0 fully saturated rings. The van der Waals surface area contributed by atoms with E-state index in [0.29, 0.717) is 11.4 Å². The number of nitrogens with zero attached hydrogens (tertiary/aromatic N) is 7. The van der Waals surface area contributed by atoms with Crippen LogP contribution in [0.1, 0.15) is 5.56 Å². The number of hydrogen-bond acceptors (Lipinski definition) is 5. The van der Waals surface area contributed by atoms with Gasteiger partial charge in [0, 0.05) is 96.4 Å². The van der Waals surface area contributed by atoms with E-state index in [0.717, 1.165) is 133 Å². The average molecular weight is 1160 g/mol. The van der Waals surface area contributed by atoms with Crippen molar-refractivity contribution in [2.24, 2.45) is 0 Å². The van der Waals surface area contributed by atoms with Crippen LogP contribution in [0.5, 0.6) is 0 Å². The van der Waals surface area contributed by atoms with E-state index in [1.165, 1.54) is 18.2 Å². The quantitative estimate of drug-likeness (QED) is 0.129. The number of nitriles is 1. The van der Waals surface area contributed by atoms with Gasteiger partial charge in [-0.2, -0.15) is 5.26 Å². The first-order chi connectivity index (χ1) is 44.4. The van der Waals surface area contributed by atoms with Gasteiger partial charge in [0.05, 0.1) is 67.3 Å². The molecule has 0 aliphatic heterocycles. The lowest BCUT2D eigenvalue weighted by Gasteiger charge is -2.20. The molecular weight excluding hydrogens is 1110 g/mol. The number of benzene rings is 10. The molecule has 422 valence electrons. The topological polar surface area (TPSA) is 85.2 Å². The normalized spacial score (nSPS) is 11.4. The summed E-state index contributed by atoms with van der Waals surface area (Å²) in [7, 11) is 0. The smallest absolute Gasteiger partial charge is 0.134 e. The Bertz CT molecular complexity index is 5150. The predicted molar refractivity (Wildman–Crippen MR) is 360 cm³/mol. The second kappa shape index (κ2) is 22.2. The molecule has 90 heavy (non-hydrogen) atoms. The Morgan fingerprint density at radius 2 is 0.578 bits per heavy atom. The number of hydrogen-bond donors (Lipinski definition) is 0. The van der Waals surface area contributed by atoms with Crippen LogP contribution in [-0.4, -0.2) is 29.1 Å². The summed E-state index contributed by atoms with van der Waals surface area (Å²) >= 11 is 0. The largest absolute Gasteiger partial charge is 0.309 e. The van der Waals surface area contributed by atoms with Crippen LogP contribution >= 0.6 is 0 Å². The lowest BCUT2D eigenvalue weighted by molar-refractivity contribution is 0.589. The molecule has 6 aromatic heterocycles. The van der Waals surface area contributed by atoms with E-state index in [1.54, 1.807) is 12.1 Å². The van der Waals surface area contributed by atoms with Gasteiger partial charge in [-0.1, -0.05) is 200 Å². The maximum Gasteiger partial charge on any atom is 0.134 e. The van der Waals surface area contributed by atoms with Crippen LogP contribution in [0.2, 0.25) is 0 Å². The molecule has 0 N–H and O–H groups in total. The second-order valence-electron chi connectivity index (χ2n) is 22.4. The van der Waals surface area contributed by atoms with Gasteiger partial charge in [0.2, 0.25) is 0 Å². The van der Waals surface area contributed by atoms with Crippen molar-refractivity contribution in [1.29, 1.82) is 5.26 Å². The molecule has 0 aliphatic carbocycles. The summed E-state index contributed by atoms with van der Waals surface area (Å²) in [5.74, 6) is -1.51. The Kier molecular flexibility index (Phi) is 13.2. The predicted octanol–water partition coefficient (Wildman–Crippen LogP) is 20.6. The third-order valence-electron chi connectivity index (χ3n) is 17.1. The van der Waals surface area contributed by atoms with Gasteiger partial charge in [0.1, 0.15) is 17.7 Å². The van der Waals surface area contributed by atoms with Crippen molar-refractivity contribution in [1.82, 2.24) is 29.1 Å². The summed E-state index contributed by atoms with van der Waals surface area (Å²) in [6.07, 6.45) is 7.51. The molecule has 0 saturated carbocycles. The van der Waals surface area contributed by atoms with Gasteiger partial charge >= 0.3 is 0 Å². The van der Waals surface area contributed by atoms with Crippen molar-refractivity contribution in [3.8, 4) is 118 Å². The van der Waals surface area contributed by atoms with Crippen LogP contribution in [0.3, 0.4) is 0 Å². The van der Waals surface area contributed by atoms with Gasteiger partial charge in [-0.3, -0.25) is 19.9 Å². The first-order valence-electron chi connectivity index (χ1n) is 29.7. The third kappa shape index (κ3) is 9.44. The average Bonchev–Trinajstić information content (AvgIpc) is 1.55. The number of fused-ring (bicyclic) bond motifs is 6. The summed E-state index contributed by atoms with van der Waals surface area (Å²) in [5, 5.41) is 15.5. The van der Waals surface area contributed by atoms with Crippen molar-refractivity contribution in [2.45, 2.75) is 0 Å². The molecule has 10 aromatic carbocycles. The highest BCUT2D eigenvalue weighted by Gasteiger charge is 2.26. The Morgan fingerprint density at radius 3 is 0.867 bits per heavy atom. The van der Waals surface area contributed by atoms with E-state index in [9.17, 15) is 5.26 Å². The number of aromatic nitrogens is 6. The Labute approximate surface area is 517 Å². The van der Waals surface area contributed by atoms with Crippen molar-refractivity contribution < 1.29 is 8.78 Å². The first kappa shape index (κ1) is 53.2. The molecule has 0 bridgehead atoms. The van der Waals surface area contributed by atoms with Crippen LogP contribution in [0.15, 0.2) is 298 Å². The number of pyridine rings is 4.